The molecule has 3 amide bonds. The molecule has 4 heteroatoms. The van der Waals surface area contributed by atoms with Crippen LogP contribution in [-0.2, 0) is 11.3 Å². The Bertz CT molecular complexity index is 399. The lowest BCUT2D eigenvalue weighted by Crippen LogP contribution is -2.53. The van der Waals surface area contributed by atoms with Gasteiger partial charge in [0, 0.05) is 12.5 Å². The van der Waals surface area contributed by atoms with E-state index in [2.05, 4.69) is 5.32 Å². The number of urea groups is 1. The Morgan fingerprint density at radius 2 is 2.00 bits per heavy atom. The van der Waals surface area contributed by atoms with Crippen molar-refractivity contribution in [1.29, 1.82) is 0 Å². The van der Waals surface area contributed by atoms with E-state index in [0.717, 1.165) is 12.0 Å². The molecule has 1 aromatic carbocycles. The second kappa shape index (κ2) is 4.99. The van der Waals surface area contributed by atoms with Gasteiger partial charge in [-0.2, -0.15) is 0 Å². The van der Waals surface area contributed by atoms with E-state index in [0.29, 0.717) is 13.0 Å². The highest BCUT2D eigenvalue weighted by atomic mass is 16.2. The number of hydrogen-bond acceptors (Lipinski definition) is 2. The van der Waals surface area contributed by atoms with E-state index < -0.39 is 0 Å². The summed E-state index contributed by atoms with van der Waals surface area (Å²) >= 11 is 0. The summed E-state index contributed by atoms with van der Waals surface area (Å²) in [6.07, 6.45) is 1.19. The second-order valence-corrected chi connectivity index (χ2v) is 4.22. The SMILES string of the molecule is CCC1CC(=O)N(Cc2ccccc2)C(=O)N1. The third-order valence-corrected chi connectivity index (χ3v) is 2.97. The Balaban J connectivity index is 2.07. The van der Waals surface area contributed by atoms with Crippen LogP contribution in [-0.4, -0.2) is 22.9 Å². The van der Waals surface area contributed by atoms with Gasteiger partial charge >= 0.3 is 6.03 Å². The molecule has 1 unspecified atom stereocenters. The van der Waals surface area contributed by atoms with Crippen LogP contribution in [0, 0.1) is 0 Å². The molecule has 1 heterocycles. The van der Waals surface area contributed by atoms with Gasteiger partial charge in [-0.1, -0.05) is 37.3 Å². The highest BCUT2D eigenvalue weighted by Crippen LogP contribution is 2.13. The lowest BCUT2D eigenvalue weighted by Gasteiger charge is -2.30. The largest absolute Gasteiger partial charge is 0.334 e. The highest BCUT2D eigenvalue weighted by molar-refractivity contribution is 5.97. The molecule has 0 bridgehead atoms. The molecule has 1 fully saturated rings. The van der Waals surface area contributed by atoms with Crippen molar-refractivity contribution < 1.29 is 9.59 Å². The van der Waals surface area contributed by atoms with E-state index in [1.807, 2.05) is 37.3 Å². The first-order valence-electron chi connectivity index (χ1n) is 5.85. The number of nitrogens with one attached hydrogen (secondary N) is 1. The van der Waals surface area contributed by atoms with Crippen LogP contribution in [0.15, 0.2) is 30.3 Å². The molecular formula is C13H16N2O2. The molecule has 1 atom stereocenters. The monoisotopic (exact) mass is 232 g/mol. The maximum absolute atomic E-state index is 11.8. The Hall–Kier alpha value is -1.84. The van der Waals surface area contributed by atoms with Gasteiger partial charge in [0.25, 0.3) is 0 Å². The van der Waals surface area contributed by atoms with Crippen LogP contribution >= 0.6 is 0 Å². The average Bonchev–Trinajstić information content (AvgIpc) is 2.35. The third kappa shape index (κ3) is 2.64. The third-order valence-electron chi connectivity index (χ3n) is 2.97. The number of hydrogen-bond donors (Lipinski definition) is 1. The normalized spacial score (nSPS) is 20.3. The van der Waals surface area contributed by atoms with Crippen LogP contribution in [0.3, 0.4) is 0 Å². The fraction of sp³-hybridized carbons (Fsp3) is 0.385. The molecule has 2 rings (SSSR count). The van der Waals surface area contributed by atoms with E-state index in [-0.39, 0.29) is 18.0 Å². The molecule has 1 aliphatic heterocycles. The van der Waals surface area contributed by atoms with Crippen LogP contribution in [0.2, 0.25) is 0 Å². The molecule has 0 spiro atoms. The van der Waals surface area contributed by atoms with Gasteiger partial charge in [0.1, 0.15) is 0 Å². The number of carbonyl (C=O) groups is 2. The molecule has 90 valence electrons. The lowest BCUT2D eigenvalue weighted by atomic mass is 10.1. The number of carbonyl (C=O) groups excluding carboxylic acids is 2. The van der Waals surface area contributed by atoms with E-state index in [9.17, 15) is 9.59 Å². The van der Waals surface area contributed by atoms with Crippen molar-refractivity contribution in [3.63, 3.8) is 0 Å². The van der Waals surface area contributed by atoms with Crippen molar-refractivity contribution in [2.75, 3.05) is 0 Å². The minimum absolute atomic E-state index is 0.0120. The zero-order chi connectivity index (χ0) is 12.3. The minimum Gasteiger partial charge on any atom is -0.334 e. The van der Waals surface area contributed by atoms with Crippen molar-refractivity contribution in [2.45, 2.75) is 32.4 Å². The summed E-state index contributed by atoms with van der Waals surface area (Å²) in [5.41, 5.74) is 0.964. The fourth-order valence-electron chi connectivity index (χ4n) is 1.91. The van der Waals surface area contributed by atoms with Gasteiger partial charge in [-0.15, -0.1) is 0 Å². The van der Waals surface area contributed by atoms with E-state index in [1.54, 1.807) is 0 Å². The Labute approximate surface area is 101 Å². The summed E-state index contributed by atoms with van der Waals surface area (Å²) in [6, 6.07) is 9.24. The molecule has 1 aromatic rings. The second-order valence-electron chi connectivity index (χ2n) is 4.22. The first-order valence-corrected chi connectivity index (χ1v) is 5.85. The number of imide groups is 1. The molecule has 1 aliphatic rings. The van der Waals surface area contributed by atoms with Gasteiger partial charge in [0.05, 0.1) is 6.54 Å². The standard InChI is InChI=1S/C13H16N2O2/c1-2-11-8-12(16)15(13(17)14-11)9-10-6-4-3-5-7-10/h3-7,11H,2,8-9H2,1H3,(H,14,17). The smallest absolute Gasteiger partial charge is 0.324 e. The number of nitrogens with zero attached hydrogens (tertiary/aromatic N) is 1. The topological polar surface area (TPSA) is 49.4 Å². The molecule has 17 heavy (non-hydrogen) atoms. The van der Waals surface area contributed by atoms with Gasteiger partial charge in [-0.3, -0.25) is 9.69 Å². The van der Waals surface area contributed by atoms with Gasteiger partial charge in [0.2, 0.25) is 5.91 Å². The van der Waals surface area contributed by atoms with Crippen LogP contribution in [0.25, 0.3) is 0 Å². The van der Waals surface area contributed by atoms with E-state index >= 15 is 0 Å². The molecule has 4 nitrogen and oxygen atoms in total. The van der Waals surface area contributed by atoms with Gasteiger partial charge in [0.15, 0.2) is 0 Å². The zero-order valence-electron chi connectivity index (χ0n) is 9.85. The predicted octanol–water partition coefficient (Wildman–Crippen LogP) is 1.91. The van der Waals surface area contributed by atoms with Crippen molar-refractivity contribution in [3.8, 4) is 0 Å². The van der Waals surface area contributed by atoms with Crippen molar-refractivity contribution in [1.82, 2.24) is 10.2 Å². The predicted molar refractivity (Wildman–Crippen MR) is 64.2 cm³/mol. The van der Waals surface area contributed by atoms with Gasteiger partial charge < -0.3 is 5.32 Å². The van der Waals surface area contributed by atoms with Crippen molar-refractivity contribution in [2.24, 2.45) is 0 Å². The van der Waals surface area contributed by atoms with Crippen LogP contribution in [0.1, 0.15) is 25.3 Å². The molecule has 0 aromatic heterocycles. The number of rotatable bonds is 3. The summed E-state index contributed by atoms with van der Waals surface area (Å²) < 4.78 is 0. The van der Waals surface area contributed by atoms with Gasteiger partial charge in [-0.05, 0) is 12.0 Å². The summed E-state index contributed by atoms with van der Waals surface area (Å²) in [6.45, 7) is 2.31. The Morgan fingerprint density at radius 3 is 2.59 bits per heavy atom. The molecular weight excluding hydrogens is 216 g/mol. The number of benzene rings is 1. The van der Waals surface area contributed by atoms with Crippen molar-refractivity contribution in [3.05, 3.63) is 35.9 Å². The summed E-state index contributed by atoms with van der Waals surface area (Å²) in [4.78, 5) is 24.9. The zero-order valence-corrected chi connectivity index (χ0v) is 9.85. The van der Waals surface area contributed by atoms with E-state index in [4.69, 9.17) is 0 Å². The van der Waals surface area contributed by atoms with Gasteiger partial charge in [-0.25, -0.2) is 4.79 Å². The Morgan fingerprint density at radius 1 is 1.29 bits per heavy atom. The Kier molecular flexibility index (Phi) is 3.42. The summed E-state index contributed by atoms with van der Waals surface area (Å²) in [5.74, 6) is -0.0931. The molecule has 1 N–H and O–H groups in total. The quantitative estimate of drug-likeness (QED) is 0.865. The summed E-state index contributed by atoms with van der Waals surface area (Å²) in [5, 5.41) is 2.83. The van der Waals surface area contributed by atoms with Crippen LogP contribution < -0.4 is 5.32 Å². The number of amides is 3. The summed E-state index contributed by atoms with van der Waals surface area (Å²) in [7, 11) is 0. The maximum Gasteiger partial charge on any atom is 0.324 e. The van der Waals surface area contributed by atoms with Crippen LogP contribution in [0.4, 0.5) is 4.79 Å². The maximum atomic E-state index is 11.8. The molecule has 0 saturated carbocycles. The first-order chi connectivity index (χ1) is 8.20. The fourth-order valence-corrected chi connectivity index (χ4v) is 1.91. The van der Waals surface area contributed by atoms with E-state index in [1.165, 1.54) is 4.90 Å². The lowest BCUT2D eigenvalue weighted by molar-refractivity contribution is -0.130. The molecule has 0 aliphatic carbocycles. The molecule has 0 radical (unpaired) electrons. The molecule has 1 saturated heterocycles. The first kappa shape index (κ1) is 11.6. The van der Waals surface area contributed by atoms with Crippen molar-refractivity contribution >= 4 is 11.9 Å². The van der Waals surface area contributed by atoms with Crippen LogP contribution in [0.5, 0.6) is 0 Å². The minimum atomic E-state index is -0.281. The highest BCUT2D eigenvalue weighted by Gasteiger charge is 2.30. The average molecular weight is 232 g/mol.